The molecule has 0 aromatic heterocycles. The van der Waals surface area contributed by atoms with Crippen molar-refractivity contribution < 1.29 is 0 Å². The monoisotopic (exact) mass is 242 g/mol. The van der Waals surface area contributed by atoms with Crippen LogP contribution < -0.4 is 4.90 Å². The van der Waals surface area contributed by atoms with Gasteiger partial charge in [-0.2, -0.15) is 5.26 Å². The molecule has 0 spiro atoms. The number of benzene rings is 1. The van der Waals surface area contributed by atoms with Gasteiger partial charge in [-0.3, -0.25) is 0 Å². The second kappa shape index (κ2) is 4.65. The zero-order chi connectivity index (χ0) is 13.3. The van der Waals surface area contributed by atoms with E-state index in [0.29, 0.717) is 0 Å². The first kappa shape index (κ1) is 13.0. The van der Waals surface area contributed by atoms with Gasteiger partial charge in [0.05, 0.1) is 11.5 Å². The van der Waals surface area contributed by atoms with Crippen molar-refractivity contribution in [3.63, 3.8) is 0 Å². The summed E-state index contributed by atoms with van der Waals surface area (Å²) >= 11 is 0. The molecule has 0 unspecified atom stereocenters. The fourth-order valence-corrected chi connectivity index (χ4v) is 2.80. The molecule has 0 N–H and O–H groups in total. The molecule has 1 fully saturated rings. The molecule has 0 amide bonds. The van der Waals surface area contributed by atoms with E-state index in [1.807, 2.05) is 0 Å². The van der Waals surface area contributed by atoms with Gasteiger partial charge in [0.2, 0.25) is 0 Å². The van der Waals surface area contributed by atoms with Crippen LogP contribution in [0.25, 0.3) is 0 Å². The van der Waals surface area contributed by atoms with E-state index < -0.39 is 0 Å². The van der Waals surface area contributed by atoms with Gasteiger partial charge in [-0.1, -0.05) is 12.5 Å². The number of aryl methyl sites for hydroxylation is 1. The summed E-state index contributed by atoms with van der Waals surface area (Å²) in [5.41, 5.74) is 5.20. The van der Waals surface area contributed by atoms with E-state index in [-0.39, 0.29) is 5.41 Å². The predicted molar refractivity (Wildman–Crippen MR) is 75.8 cm³/mol. The van der Waals surface area contributed by atoms with Crippen molar-refractivity contribution in [3.8, 4) is 6.07 Å². The van der Waals surface area contributed by atoms with Crippen molar-refractivity contribution in [3.05, 3.63) is 28.8 Å². The van der Waals surface area contributed by atoms with E-state index >= 15 is 0 Å². The van der Waals surface area contributed by atoms with E-state index in [1.54, 1.807) is 0 Å². The van der Waals surface area contributed by atoms with Gasteiger partial charge in [0.25, 0.3) is 0 Å². The Balaban J connectivity index is 2.22. The molecule has 2 rings (SSSR count). The molecule has 1 aliphatic carbocycles. The summed E-state index contributed by atoms with van der Waals surface area (Å²) in [6.07, 6.45) is 3.31. The Hall–Kier alpha value is -1.49. The Labute approximate surface area is 110 Å². The van der Waals surface area contributed by atoms with Gasteiger partial charge in [0, 0.05) is 19.3 Å². The largest absolute Gasteiger partial charge is 0.373 e. The van der Waals surface area contributed by atoms with Crippen LogP contribution in [0.1, 0.15) is 36.0 Å². The first-order valence-electron chi connectivity index (χ1n) is 6.68. The summed E-state index contributed by atoms with van der Waals surface area (Å²) in [7, 11) is 2.11. The van der Waals surface area contributed by atoms with Crippen LogP contribution in [0.4, 0.5) is 5.69 Å². The molecule has 0 radical (unpaired) electrons. The normalized spacial score (nSPS) is 16.8. The molecule has 2 nitrogen and oxygen atoms in total. The average Bonchev–Trinajstić information content (AvgIpc) is 2.31. The SMILES string of the molecule is Cc1ccc(N(C)CC2(C#N)CCC2)c(C)c1C. The lowest BCUT2D eigenvalue weighted by Crippen LogP contribution is -2.40. The highest BCUT2D eigenvalue weighted by Gasteiger charge is 2.38. The summed E-state index contributed by atoms with van der Waals surface area (Å²) in [4.78, 5) is 2.25. The van der Waals surface area contributed by atoms with Crippen molar-refractivity contribution >= 4 is 5.69 Å². The summed E-state index contributed by atoms with van der Waals surface area (Å²) in [5, 5.41) is 9.32. The number of hydrogen-bond acceptors (Lipinski definition) is 2. The Morgan fingerprint density at radius 2 is 1.89 bits per heavy atom. The first-order chi connectivity index (χ1) is 8.49. The Kier molecular flexibility index (Phi) is 3.34. The van der Waals surface area contributed by atoms with Gasteiger partial charge in [-0.05, 0) is 56.4 Å². The third-order valence-corrected chi connectivity index (χ3v) is 4.53. The first-order valence-corrected chi connectivity index (χ1v) is 6.68. The van der Waals surface area contributed by atoms with Crippen molar-refractivity contribution in [2.24, 2.45) is 5.41 Å². The average molecular weight is 242 g/mol. The van der Waals surface area contributed by atoms with Crippen LogP contribution in [-0.4, -0.2) is 13.6 Å². The number of nitrogens with zero attached hydrogens (tertiary/aromatic N) is 2. The number of nitriles is 1. The quantitative estimate of drug-likeness (QED) is 0.807. The van der Waals surface area contributed by atoms with Crippen LogP contribution in [0.15, 0.2) is 12.1 Å². The molecule has 1 aromatic rings. The van der Waals surface area contributed by atoms with E-state index in [9.17, 15) is 5.26 Å². The minimum atomic E-state index is -0.0972. The van der Waals surface area contributed by atoms with Gasteiger partial charge in [0.1, 0.15) is 0 Å². The molecule has 1 saturated carbocycles. The molecule has 0 saturated heterocycles. The molecule has 0 bridgehead atoms. The van der Waals surface area contributed by atoms with Crippen LogP contribution in [0, 0.1) is 37.5 Å². The van der Waals surface area contributed by atoms with Crippen LogP contribution in [0.2, 0.25) is 0 Å². The molecular formula is C16H22N2. The lowest BCUT2D eigenvalue weighted by Gasteiger charge is -2.39. The minimum Gasteiger partial charge on any atom is -0.373 e. The standard InChI is InChI=1S/C16H22N2/c1-12-6-7-15(14(3)13(12)2)18(4)11-16(10-17)8-5-9-16/h6-7H,5,8-9,11H2,1-4H3. The fourth-order valence-electron chi connectivity index (χ4n) is 2.80. The van der Waals surface area contributed by atoms with Crippen molar-refractivity contribution in [1.82, 2.24) is 0 Å². The number of rotatable bonds is 3. The summed E-state index contributed by atoms with van der Waals surface area (Å²) in [6, 6.07) is 6.88. The third kappa shape index (κ3) is 2.10. The van der Waals surface area contributed by atoms with E-state index in [4.69, 9.17) is 0 Å². The Morgan fingerprint density at radius 3 is 2.39 bits per heavy atom. The highest BCUT2D eigenvalue weighted by molar-refractivity contribution is 5.57. The summed E-state index contributed by atoms with van der Waals surface area (Å²) < 4.78 is 0. The molecule has 1 aliphatic rings. The second-order valence-electron chi connectivity index (χ2n) is 5.75. The molecule has 0 atom stereocenters. The topological polar surface area (TPSA) is 27.0 Å². The lowest BCUT2D eigenvalue weighted by atomic mass is 9.69. The van der Waals surface area contributed by atoms with Gasteiger partial charge < -0.3 is 4.90 Å². The third-order valence-electron chi connectivity index (χ3n) is 4.53. The fraction of sp³-hybridized carbons (Fsp3) is 0.562. The maximum Gasteiger partial charge on any atom is 0.0748 e. The maximum absolute atomic E-state index is 9.32. The molecule has 1 aromatic carbocycles. The lowest BCUT2D eigenvalue weighted by molar-refractivity contribution is 0.223. The van der Waals surface area contributed by atoms with Gasteiger partial charge in [0.15, 0.2) is 0 Å². The molecule has 96 valence electrons. The van der Waals surface area contributed by atoms with Crippen molar-refractivity contribution in [2.45, 2.75) is 40.0 Å². The van der Waals surface area contributed by atoms with Gasteiger partial charge in [-0.15, -0.1) is 0 Å². The highest BCUT2D eigenvalue weighted by atomic mass is 15.1. The Morgan fingerprint density at radius 1 is 1.22 bits per heavy atom. The molecule has 18 heavy (non-hydrogen) atoms. The summed E-state index contributed by atoms with van der Waals surface area (Å²) in [5.74, 6) is 0. The predicted octanol–water partition coefficient (Wildman–Crippen LogP) is 3.74. The van der Waals surface area contributed by atoms with Crippen LogP contribution in [0.3, 0.4) is 0 Å². The zero-order valence-electron chi connectivity index (χ0n) is 11.9. The minimum absolute atomic E-state index is 0.0972. The van der Waals surface area contributed by atoms with Crippen molar-refractivity contribution in [2.75, 3.05) is 18.5 Å². The zero-order valence-corrected chi connectivity index (χ0v) is 11.9. The number of anilines is 1. The maximum atomic E-state index is 9.32. The molecular weight excluding hydrogens is 220 g/mol. The van der Waals surface area contributed by atoms with E-state index in [2.05, 4.69) is 50.9 Å². The molecule has 0 heterocycles. The molecule has 0 aliphatic heterocycles. The Bertz CT molecular complexity index is 493. The van der Waals surface area contributed by atoms with Gasteiger partial charge >= 0.3 is 0 Å². The van der Waals surface area contributed by atoms with Crippen LogP contribution >= 0.6 is 0 Å². The second-order valence-corrected chi connectivity index (χ2v) is 5.75. The van der Waals surface area contributed by atoms with Gasteiger partial charge in [-0.25, -0.2) is 0 Å². The number of hydrogen-bond donors (Lipinski definition) is 0. The smallest absolute Gasteiger partial charge is 0.0748 e. The van der Waals surface area contributed by atoms with Crippen LogP contribution in [0.5, 0.6) is 0 Å². The summed E-state index contributed by atoms with van der Waals surface area (Å²) in [6.45, 7) is 7.35. The van der Waals surface area contributed by atoms with Crippen molar-refractivity contribution in [1.29, 1.82) is 5.26 Å². The van der Waals surface area contributed by atoms with E-state index in [1.165, 1.54) is 28.8 Å². The highest BCUT2D eigenvalue weighted by Crippen LogP contribution is 2.41. The van der Waals surface area contributed by atoms with E-state index in [0.717, 1.165) is 19.4 Å². The molecule has 2 heteroatoms. The van der Waals surface area contributed by atoms with Crippen LogP contribution in [-0.2, 0) is 0 Å².